The molecular weight excluding hydrogens is 324 g/mol. The van der Waals surface area contributed by atoms with Crippen LogP contribution < -0.4 is 5.63 Å². The minimum Gasteiger partial charge on any atom is -0.464 e. The third kappa shape index (κ3) is 2.74. The normalized spacial score (nSPS) is 12.2. The van der Waals surface area contributed by atoms with Gasteiger partial charge in [-0.15, -0.1) is 0 Å². The molecule has 0 amide bonds. The second kappa shape index (κ2) is 5.87. The van der Waals surface area contributed by atoms with Crippen molar-refractivity contribution in [3.63, 3.8) is 0 Å². The highest BCUT2D eigenvalue weighted by atomic mass is 16.4. The van der Waals surface area contributed by atoms with Gasteiger partial charge in [-0.25, -0.2) is 4.79 Å². The first kappa shape index (κ1) is 16.6. The highest BCUT2D eigenvalue weighted by molar-refractivity contribution is 5.96. The van der Waals surface area contributed by atoms with Crippen molar-refractivity contribution < 1.29 is 8.83 Å². The van der Waals surface area contributed by atoms with Crippen LogP contribution in [0.4, 0.5) is 0 Å². The second-order valence-corrected chi connectivity index (χ2v) is 7.90. The lowest BCUT2D eigenvalue weighted by Gasteiger charge is -2.16. The van der Waals surface area contributed by atoms with Gasteiger partial charge in [0.05, 0.1) is 6.26 Å². The SMILES string of the molecule is Cc1c(Cc2ccccc2)c(=O)oc2cc3occ(C(C)(C)C)c3cc12. The number of hydrogen-bond acceptors (Lipinski definition) is 3. The molecule has 26 heavy (non-hydrogen) atoms. The van der Waals surface area contributed by atoms with E-state index in [2.05, 4.69) is 26.8 Å². The lowest BCUT2D eigenvalue weighted by molar-refractivity contribution is 0.547. The zero-order chi connectivity index (χ0) is 18.5. The summed E-state index contributed by atoms with van der Waals surface area (Å²) < 4.78 is 11.4. The van der Waals surface area contributed by atoms with Crippen LogP contribution in [0.25, 0.3) is 21.9 Å². The second-order valence-electron chi connectivity index (χ2n) is 7.90. The summed E-state index contributed by atoms with van der Waals surface area (Å²) in [4.78, 5) is 12.6. The molecule has 3 heteroatoms. The average Bonchev–Trinajstić information content (AvgIpc) is 3.01. The molecule has 3 nitrogen and oxygen atoms in total. The van der Waals surface area contributed by atoms with Crippen LogP contribution in [0.1, 0.15) is 43.0 Å². The summed E-state index contributed by atoms with van der Waals surface area (Å²) in [6, 6.07) is 13.9. The Morgan fingerprint density at radius 1 is 0.962 bits per heavy atom. The van der Waals surface area contributed by atoms with Crippen molar-refractivity contribution in [2.45, 2.75) is 39.5 Å². The lowest BCUT2D eigenvalue weighted by atomic mass is 9.86. The molecule has 4 rings (SSSR count). The van der Waals surface area contributed by atoms with E-state index >= 15 is 0 Å². The molecule has 2 aromatic carbocycles. The largest absolute Gasteiger partial charge is 0.464 e. The van der Waals surface area contributed by atoms with Crippen molar-refractivity contribution in [3.05, 3.63) is 81.4 Å². The molecule has 132 valence electrons. The molecule has 0 bridgehead atoms. The number of fused-ring (bicyclic) bond motifs is 2. The van der Waals surface area contributed by atoms with Gasteiger partial charge in [-0.05, 0) is 29.5 Å². The van der Waals surface area contributed by atoms with Crippen molar-refractivity contribution in [1.82, 2.24) is 0 Å². The Bertz CT molecular complexity index is 1160. The molecule has 0 saturated heterocycles. The predicted octanol–water partition coefficient (Wildman–Crippen LogP) is 5.74. The Hall–Kier alpha value is -2.81. The zero-order valence-electron chi connectivity index (χ0n) is 15.6. The molecule has 0 atom stereocenters. The van der Waals surface area contributed by atoms with Gasteiger partial charge in [-0.1, -0.05) is 51.1 Å². The van der Waals surface area contributed by atoms with Crippen LogP contribution in [0.15, 0.2) is 62.4 Å². The van der Waals surface area contributed by atoms with Gasteiger partial charge in [-0.3, -0.25) is 0 Å². The molecule has 0 aliphatic rings. The van der Waals surface area contributed by atoms with Crippen LogP contribution >= 0.6 is 0 Å². The van der Waals surface area contributed by atoms with Gasteiger partial charge in [0, 0.05) is 34.4 Å². The minimum atomic E-state index is -0.277. The summed E-state index contributed by atoms with van der Waals surface area (Å²) in [7, 11) is 0. The van der Waals surface area contributed by atoms with Gasteiger partial charge in [0.15, 0.2) is 0 Å². The first-order chi connectivity index (χ1) is 12.3. The Labute approximate surface area is 152 Å². The summed E-state index contributed by atoms with van der Waals surface area (Å²) in [6.07, 6.45) is 2.38. The summed E-state index contributed by atoms with van der Waals surface area (Å²) in [6.45, 7) is 8.50. The van der Waals surface area contributed by atoms with Crippen molar-refractivity contribution in [2.24, 2.45) is 0 Å². The van der Waals surface area contributed by atoms with Gasteiger partial charge in [0.25, 0.3) is 0 Å². The smallest absolute Gasteiger partial charge is 0.340 e. The van der Waals surface area contributed by atoms with Crippen molar-refractivity contribution >= 4 is 21.9 Å². The van der Waals surface area contributed by atoms with Gasteiger partial charge in [0.2, 0.25) is 0 Å². The lowest BCUT2D eigenvalue weighted by Crippen LogP contribution is -2.11. The molecule has 0 aliphatic heterocycles. The fourth-order valence-corrected chi connectivity index (χ4v) is 3.50. The number of furan rings is 1. The van der Waals surface area contributed by atoms with Gasteiger partial charge in [-0.2, -0.15) is 0 Å². The first-order valence-electron chi connectivity index (χ1n) is 8.86. The number of hydrogen-bond donors (Lipinski definition) is 0. The van der Waals surface area contributed by atoms with E-state index in [1.54, 1.807) is 0 Å². The summed E-state index contributed by atoms with van der Waals surface area (Å²) in [5.74, 6) is 0. The standard InChI is InChI=1S/C23H22O3/c1-14-16-11-18-19(23(2,3)4)13-25-20(18)12-21(16)26-22(24)17(14)10-15-8-6-5-7-9-15/h5-9,11-13H,10H2,1-4H3. The summed E-state index contributed by atoms with van der Waals surface area (Å²) >= 11 is 0. The van der Waals surface area contributed by atoms with Crippen LogP contribution in [-0.4, -0.2) is 0 Å². The molecule has 0 unspecified atom stereocenters. The minimum absolute atomic E-state index is 0.0185. The maximum Gasteiger partial charge on any atom is 0.340 e. The number of benzene rings is 2. The maximum absolute atomic E-state index is 12.6. The maximum atomic E-state index is 12.6. The van der Waals surface area contributed by atoms with E-state index in [4.69, 9.17) is 8.83 Å². The molecule has 4 aromatic rings. The van der Waals surface area contributed by atoms with Crippen LogP contribution in [0.2, 0.25) is 0 Å². The molecule has 0 radical (unpaired) electrons. The molecular formula is C23H22O3. The van der Waals surface area contributed by atoms with Gasteiger partial charge < -0.3 is 8.83 Å². The molecule has 2 aromatic heterocycles. The van der Waals surface area contributed by atoms with Crippen LogP contribution in [0.3, 0.4) is 0 Å². The van der Waals surface area contributed by atoms with E-state index in [9.17, 15) is 4.79 Å². The van der Waals surface area contributed by atoms with Gasteiger partial charge in [0.1, 0.15) is 11.2 Å². The summed E-state index contributed by atoms with van der Waals surface area (Å²) in [5, 5.41) is 2.04. The van der Waals surface area contributed by atoms with E-state index < -0.39 is 0 Å². The quantitative estimate of drug-likeness (QED) is 0.435. The Morgan fingerprint density at radius 3 is 2.38 bits per heavy atom. The van der Waals surface area contributed by atoms with Crippen molar-refractivity contribution in [1.29, 1.82) is 0 Å². The molecule has 2 heterocycles. The molecule has 0 N–H and O–H groups in total. The van der Waals surface area contributed by atoms with E-state index in [0.29, 0.717) is 17.6 Å². The van der Waals surface area contributed by atoms with E-state index in [0.717, 1.165) is 33.0 Å². The monoisotopic (exact) mass is 346 g/mol. The first-order valence-corrected chi connectivity index (χ1v) is 8.86. The van der Waals surface area contributed by atoms with E-state index in [1.165, 1.54) is 0 Å². The molecule has 0 fully saturated rings. The summed E-state index contributed by atoms with van der Waals surface area (Å²) in [5.41, 5.74) is 4.97. The van der Waals surface area contributed by atoms with Crippen LogP contribution in [0, 0.1) is 6.92 Å². The predicted molar refractivity (Wildman–Crippen MR) is 105 cm³/mol. The van der Waals surface area contributed by atoms with Crippen LogP contribution in [-0.2, 0) is 11.8 Å². The van der Waals surface area contributed by atoms with Crippen molar-refractivity contribution in [2.75, 3.05) is 0 Å². The molecule has 0 aliphatic carbocycles. The van der Waals surface area contributed by atoms with E-state index in [1.807, 2.05) is 49.6 Å². The topological polar surface area (TPSA) is 43.4 Å². The Balaban J connectivity index is 1.95. The Kier molecular flexibility index (Phi) is 3.76. The fraction of sp³-hybridized carbons (Fsp3) is 0.261. The number of rotatable bonds is 2. The van der Waals surface area contributed by atoms with E-state index in [-0.39, 0.29) is 11.0 Å². The number of aryl methyl sites for hydroxylation is 1. The zero-order valence-corrected chi connectivity index (χ0v) is 15.6. The van der Waals surface area contributed by atoms with Crippen molar-refractivity contribution in [3.8, 4) is 0 Å². The van der Waals surface area contributed by atoms with Crippen LogP contribution in [0.5, 0.6) is 0 Å². The third-order valence-corrected chi connectivity index (χ3v) is 5.01. The molecule has 0 saturated carbocycles. The fourth-order valence-electron chi connectivity index (χ4n) is 3.50. The van der Waals surface area contributed by atoms with Gasteiger partial charge >= 0.3 is 5.63 Å². The average molecular weight is 346 g/mol. The Morgan fingerprint density at radius 2 is 1.69 bits per heavy atom. The third-order valence-electron chi connectivity index (χ3n) is 5.01. The molecule has 0 spiro atoms. The highest BCUT2D eigenvalue weighted by Gasteiger charge is 2.21. The highest BCUT2D eigenvalue weighted by Crippen LogP contribution is 2.35.